The Morgan fingerprint density at radius 3 is 2.45 bits per heavy atom. The number of methoxy groups -OCH3 is 1. The number of benzene rings is 2. The molecule has 3 fully saturated rings. The topological polar surface area (TPSA) is 125 Å². The smallest absolute Gasteiger partial charge is 0.264 e. The van der Waals surface area contributed by atoms with Gasteiger partial charge in [-0.15, -0.1) is 0 Å². The zero-order chi connectivity index (χ0) is 37.3. The van der Waals surface area contributed by atoms with Crippen LogP contribution in [-0.4, -0.2) is 77.1 Å². The monoisotopic (exact) mass is 739 g/mol. The molecule has 3 aliphatic heterocycles. The molecular formula is C41H49N5O6S. The Kier molecular flexibility index (Phi) is 9.04. The van der Waals surface area contributed by atoms with Gasteiger partial charge in [0.15, 0.2) is 0 Å². The molecule has 2 atom stereocenters. The number of allylic oxidation sites excluding steroid dienone is 1. The number of carbonyl (C=O) groups excluding carboxylic acids is 2. The highest BCUT2D eigenvalue weighted by atomic mass is 32.2. The second-order valence-corrected chi connectivity index (χ2v) is 17.9. The quantitative estimate of drug-likeness (QED) is 0.205. The first kappa shape index (κ1) is 35.6. The Hall–Kier alpha value is -4.42. The van der Waals surface area contributed by atoms with Gasteiger partial charge in [-0.25, -0.2) is 13.1 Å². The minimum absolute atomic E-state index is 0.0259. The molecule has 2 aromatic carbocycles. The standard InChI is InChI=1S/C41H49N5O6S/c1-23(2)46-38(36(25(5)42-46)41(48)44-21-32-19-30(44)22-52-32)29-16-28-17-31(51-6)13-15-33(28)39-37(26-10-8-7-9-11-26)34-14-12-27(18-35(34)45(39)20-29)40(47)43-53(49,50)24(3)4/h12-18,23-24,26,30,32H,7-11,19-22H2,1-6H3,(H,43,47)/t30-,32-/m1/s1. The van der Waals surface area contributed by atoms with Gasteiger partial charge in [0, 0.05) is 34.6 Å². The lowest BCUT2D eigenvalue weighted by molar-refractivity contribution is 0.0258. The number of nitrogens with one attached hydrogen (secondary N) is 1. The van der Waals surface area contributed by atoms with Crippen LogP contribution in [0.2, 0.25) is 0 Å². The van der Waals surface area contributed by atoms with Gasteiger partial charge in [0.25, 0.3) is 11.8 Å². The third kappa shape index (κ3) is 6.07. The summed E-state index contributed by atoms with van der Waals surface area (Å²) in [5.41, 5.74) is 8.45. The molecule has 53 heavy (non-hydrogen) atoms. The Bertz CT molecular complexity index is 2280. The number of carbonyl (C=O) groups is 2. The molecule has 0 unspecified atom stereocenters. The summed E-state index contributed by atoms with van der Waals surface area (Å²) < 4.78 is 43.7. The summed E-state index contributed by atoms with van der Waals surface area (Å²) in [4.78, 5) is 30.1. The summed E-state index contributed by atoms with van der Waals surface area (Å²) in [6.45, 7) is 10.7. The second kappa shape index (κ2) is 13.5. The van der Waals surface area contributed by atoms with Crippen LogP contribution >= 0.6 is 0 Å². The molecule has 2 saturated heterocycles. The van der Waals surface area contributed by atoms with Gasteiger partial charge in [-0.1, -0.05) is 25.3 Å². The Balaban J connectivity index is 1.37. The van der Waals surface area contributed by atoms with Crippen molar-refractivity contribution in [2.24, 2.45) is 0 Å². The van der Waals surface area contributed by atoms with Crippen LogP contribution in [0, 0.1) is 6.92 Å². The van der Waals surface area contributed by atoms with Crippen LogP contribution in [0.3, 0.4) is 0 Å². The highest BCUT2D eigenvalue weighted by Gasteiger charge is 2.43. The molecule has 280 valence electrons. The number of sulfonamides is 1. The number of rotatable bonds is 8. The normalized spacial score (nSPS) is 20.2. The summed E-state index contributed by atoms with van der Waals surface area (Å²) in [6.07, 6.45) is 8.72. The lowest BCUT2D eigenvalue weighted by Crippen LogP contribution is -2.42. The van der Waals surface area contributed by atoms with Crippen molar-refractivity contribution in [3.05, 3.63) is 70.0 Å². The van der Waals surface area contributed by atoms with E-state index >= 15 is 0 Å². The molecular weight excluding hydrogens is 691 g/mol. The number of fused-ring (bicyclic) bond motifs is 7. The number of aromatic nitrogens is 3. The molecule has 2 amide bonds. The van der Waals surface area contributed by atoms with Crippen LogP contribution in [0.15, 0.2) is 36.4 Å². The first-order valence-electron chi connectivity index (χ1n) is 19.0. The molecule has 4 aliphatic rings. The molecule has 8 rings (SSSR count). The van der Waals surface area contributed by atoms with Crippen molar-refractivity contribution in [1.29, 1.82) is 0 Å². The molecule has 0 spiro atoms. The van der Waals surface area contributed by atoms with Gasteiger partial charge in [-0.2, -0.15) is 5.10 Å². The second-order valence-electron chi connectivity index (χ2n) is 15.7. The fourth-order valence-corrected chi connectivity index (χ4v) is 9.52. The zero-order valence-electron chi connectivity index (χ0n) is 31.4. The first-order valence-corrected chi connectivity index (χ1v) is 20.5. The van der Waals surface area contributed by atoms with E-state index in [0.29, 0.717) is 36.9 Å². The SMILES string of the molecule is COc1ccc2c(c1)C=C(c1c(C(=O)N3C[C@H]4C[C@@H]3CO4)c(C)nn1C(C)C)Cn1c-2c(C2CCCCC2)c2ccc(C(=O)NS(=O)(=O)C(C)C)cc21. The maximum Gasteiger partial charge on any atom is 0.264 e. The molecule has 4 aromatic rings. The minimum atomic E-state index is -3.84. The Morgan fingerprint density at radius 2 is 1.79 bits per heavy atom. The zero-order valence-corrected chi connectivity index (χ0v) is 32.3. The molecule has 0 radical (unpaired) electrons. The van der Waals surface area contributed by atoms with Crippen LogP contribution in [-0.2, 0) is 21.3 Å². The van der Waals surface area contributed by atoms with Crippen molar-refractivity contribution in [2.75, 3.05) is 20.3 Å². The van der Waals surface area contributed by atoms with E-state index in [4.69, 9.17) is 14.6 Å². The van der Waals surface area contributed by atoms with E-state index in [2.05, 4.69) is 41.3 Å². The molecule has 1 N–H and O–H groups in total. The average molecular weight is 740 g/mol. The van der Waals surface area contributed by atoms with Crippen LogP contribution in [0.1, 0.15) is 121 Å². The summed E-state index contributed by atoms with van der Waals surface area (Å²) >= 11 is 0. The van der Waals surface area contributed by atoms with Crippen molar-refractivity contribution >= 4 is 44.4 Å². The van der Waals surface area contributed by atoms with Crippen LogP contribution < -0.4 is 9.46 Å². The van der Waals surface area contributed by atoms with Crippen LogP contribution in [0.5, 0.6) is 5.75 Å². The van der Waals surface area contributed by atoms with E-state index < -0.39 is 21.2 Å². The number of likely N-dealkylation sites (tertiary alicyclic amines) is 1. The molecule has 1 aliphatic carbocycles. The van der Waals surface area contributed by atoms with Gasteiger partial charge in [0.1, 0.15) is 5.75 Å². The van der Waals surface area contributed by atoms with E-state index in [1.165, 1.54) is 12.0 Å². The molecule has 11 nitrogen and oxygen atoms in total. The fraction of sp³-hybridized carbons (Fsp3) is 0.488. The number of hydrogen-bond acceptors (Lipinski definition) is 7. The summed E-state index contributed by atoms with van der Waals surface area (Å²) in [6, 6.07) is 11.8. The van der Waals surface area contributed by atoms with Crippen molar-refractivity contribution in [3.8, 4) is 17.0 Å². The molecule has 2 aromatic heterocycles. The average Bonchev–Trinajstić information content (AvgIpc) is 3.91. The van der Waals surface area contributed by atoms with Gasteiger partial charge in [-0.3, -0.25) is 14.3 Å². The summed E-state index contributed by atoms with van der Waals surface area (Å²) in [5, 5.41) is 5.29. The minimum Gasteiger partial charge on any atom is -0.497 e. The lowest BCUT2D eigenvalue weighted by Gasteiger charge is -2.27. The lowest BCUT2D eigenvalue weighted by atomic mass is 9.81. The van der Waals surface area contributed by atoms with Gasteiger partial charge in [0.2, 0.25) is 10.0 Å². The Labute approximate surface area is 311 Å². The maximum absolute atomic E-state index is 14.6. The van der Waals surface area contributed by atoms with Crippen molar-refractivity contribution in [1.82, 2.24) is 24.0 Å². The maximum atomic E-state index is 14.6. The summed E-state index contributed by atoms with van der Waals surface area (Å²) in [5.74, 6) is 0.358. The van der Waals surface area contributed by atoms with Crippen molar-refractivity contribution < 1.29 is 27.5 Å². The number of morpholine rings is 1. The number of aryl methyl sites for hydroxylation is 1. The van der Waals surface area contributed by atoms with E-state index in [9.17, 15) is 18.0 Å². The largest absolute Gasteiger partial charge is 0.497 e. The molecule has 1 saturated carbocycles. The van der Waals surface area contributed by atoms with E-state index in [1.54, 1.807) is 27.0 Å². The molecule has 12 heteroatoms. The first-order chi connectivity index (χ1) is 25.4. The predicted molar refractivity (Wildman–Crippen MR) is 206 cm³/mol. The summed E-state index contributed by atoms with van der Waals surface area (Å²) in [7, 11) is -2.17. The van der Waals surface area contributed by atoms with Crippen LogP contribution in [0.25, 0.3) is 33.8 Å². The van der Waals surface area contributed by atoms with E-state index in [1.807, 2.05) is 34.7 Å². The van der Waals surface area contributed by atoms with E-state index in [-0.39, 0.29) is 29.7 Å². The fourth-order valence-electron chi connectivity index (χ4n) is 8.91. The number of hydrogen-bond donors (Lipinski definition) is 1. The van der Waals surface area contributed by atoms with Crippen molar-refractivity contribution in [3.63, 3.8) is 0 Å². The van der Waals surface area contributed by atoms with Gasteiger partial charge in [-0.05, 0) is 113 Å². The van der Waals surface area contributed by atoms with Gasteiger partial charge < -0.3 is 18.9 Å². The van der Waals surface area contributed by atoms with Crippen LogP contribution in [0.4, 0.5) is 0 Å². The molecule has 5 heterocycles. The third-order valence-corrected chi connectivity index (χ3v) is 13.4. The number of ether oxygens (including phenoxy) is 2. The van der Waals surface area contributed by atoms with Gasteiger partial charge >= 0.3 is 0 Å². The van der Waals surface area contributed by atoms with Gasteiger partial charge in [0.05, 0.1) is 60.3 Å². The van der Waals surface area contributed by atoms with E-state index in [0.717, 1.165) is 76.8 Å². The third-order valence-electron chi connectivity index (χ3n) is 11.7. The van der Waals surface area contributed by atoms with Crippen molar-refractivity contribution in [2.45, 2.75) is 109 Å². The number of amides is 2. The predicted octanol–water partition coefficient (Wildman–Crippen LogP) is 7.09. The number of nitrogens with zero attached hydrogens (tertiary/aromatic N) is 4. The molecule has 2 bridgehead atoms. The highest BCUT2D eigenvalue weighted by molar-refractivity contribution is 7.90. The highest BCUT2D eigenvalue weighted by Crippen LogP contribution is 2.48. The Morgan fingerprint density at radius 1 is 1.02 bits per heavy atom.